The molecule has 1 fully saturated rings. The first-order valence-corrected chi connectivity index (χ1v) is 11.6. The van der Waals surface area contributed by atoms with Crippen LogP contribution in [0.3, 0.4) is 0 Å². The second-order valence-electron chi connectivity index (χ2n) is 9.57. The fourth-order valence-electron chi connectivity index (χ4n) is 3.87. The maximum atomic E-state index is 12.3. The number of aromatic nitrogens is 3. The Hall–Kier alpha value is -3.84. The molecule has 1 aliphatic rings. The van der Waals surface area contributed by atoms with E-state index in [0.29, 0.717) is 43.0 Å². The summed E-state index contributed by atoms with van der Waals surface area (Å²) in [5, 5.41) is 23.4. The lowest BCUT2D eigenvalue weighted by Crippen LogP contribution is -2.50. The molecule has 0 spiro atoms. The van der Waals surface area contributed by atoms with Gasteiger partial charge in [0.2, 0.25) is 0 Å². The average molecular weight is 479 g/mol. The molecule has 0 aliphatic carbocycles. The minimum atomic E-state index is -0.613. The molecule has 1 saturated heterocycles. The van der Waals surface area contributed by atoms with Crippen molar-refractivity contribution >= 4 is 17.4 Å². The minimum Gasteiger partial charge on any atom is -0.489 e. The van der Waals surface area contributed by atoms with Gasteiger partial charge >= 0.3 is 6.09 Å². The number of pyridine rings is 2. The Kier molecular flexibility index (Phi) is 6.80. The molecule has 0 aromatic carbocycles. The van der Waals surface area contributed by atoms with Gasteiger partial charge in [-0.25, -0.2) is 14.3 Å². The Bertz CT molecular complexity index is 1230. The van der Waals surface area contributed by atoms with Crippen LogP contribution in [-0.2, 0) is 4.74 Å². The van der Waals surface area contributed by atoms with E-state index in [2.05, 4.69) is 21.1 Å². The summed E-state index contributed by atoms with van der Waals surface area (Å²) in [7, 11) is 0. The van der Waals surface area contributed by atoms with Crippen LogP contribution in [0.1, 0.15) is 33.3 Å². The summed E-state index contributed by atoms with van der Waals surface area (Å²) in [6.07, 6.45) is 4.06. The number of fused-ring (bicyclic) bond motifs is 1. The van der Waals surface area contributed by atoms with Crippen molar-refractivity contribution in [1.82, 2.24) is 19.5 Å². The molecule has 35 heavy (non-hydrogen) atoms. The van der Waals surface area contributed by atoms with Gasteiger partial charge in [-0.05, 0) is 45.9 Å². The second-order valence-corrected chi connectivity index (χ2v) is 9.57. The molecule has 0 radical (unpaired) electrons. The second kappa shape index (κ2) is 9.80. The summed E-state index contributed by atoms with van der Waals surface area (Å²) in [4.78, 5) is 20.8. The zero-order valence-corrected chi connectivity index (χ0v) is 20.4. The van der Waals surface area contributed by atoms with Gasteiger partial charge in [-0.3, -0.25) is 0 Å². The van der Waals surface area contributed by atoms with Crippen molar-refractivity contribution in [3.8, 4) is 22.9 Å². The van der Waals surface area contributed by atoms with E-state index in [1.807, 2.05) is 39.0 Å². The number of aliphatic hydroxyl groups excluding tert-OH is 1. The SMILES string of the molecule is C[C@H](O)COc1cc(-c2ccc(N3CCN(C(=O)OC(C)(C)C)CC3)nc2)c2c(C#N)cnn2c1. The van der Waals surface area contributed by atoms with E-state index >= 15 is 0 Å². The Morgan fingerprint density at radius 1 is 1.23 bits per heavy atom. The first-order chi connectivity index (χ1) is 16.6. The molecule has 1 N–H and O–H groups in total. The van der Waals surface area contributed by atoms with Gasteiger partial charge in [-0.15, -0.1) is 0 Å². The third kappa shape index (κ3) is 5.63. The third-order valence-corrected chi connectivity index (χ3v) is 5.51. The highest BCUT2D eigenvalue weighted by molar-refractivity contribution is 5.85. The molecule has 3 aromatic heterocycles. The number of hydrogen-bond donors (Lipinski definition) is 1. The van der Waals surface area contributed by atoms with E-state index < -0.39 is 11.7 Å². The van der Waals surface area contributed by atoms with Crippen LogP contribution in [0.2, 0.25) is 0 Å². The number of nitriles is 1. The molecule has 1 aliphatic heterocycles. The van der Waals surface area contributed by atoms with Crippen LogP contribution in [0.5, 0.6) is 5.75 Å². The number of amides is 1. The summed E-state index contributed by atoms with van der Waals surface area (Å²) in [6.45, 7) is 9.79. The Labute approximate surface area is 204 Å². The highest BCUT2D eigenvalue weighted by Gasteiger charge is 2.26. The van der Waals surface area contributed by atoms with Gasteiger partial charge < -0.3 is 24.4 Å². The number of piperazine rings is 1. The van der Waals surface area contributed by atoms with Gasteiger partial charge in [0.25, 0.3) is 0 Å². The van der Waals surface area contributed by atoms with Gasteiger partial charge in [-0.2, -0.15) is 10.4 Å². The Morgan fingerprint density at radius 2 is 1.97 bits per heavy atom. The van der Waals surface area contributed by atoms with Crippen molar-refractivity contribution in [3.05, 3.63) is 42.4 Å². The van der Waals surface area contributed by atoms with Crippen LogP contribution < -0.4 is 9.64 Å². The zero-order chi connectivity index (χ0) is 25.2. The number of rotatable bonds is 5. The van der Waals surface area contributed by atoms with E-state index in [-0.39, 0.29) is 12.7 Å². The Balaban J connectivity index is 1.53. The lowest BCUT2D eigenvalue weighted by Gasteiger charge is -2.36. The molecule has 10 heteroatoms. The molecule has 4 heterocycles. The van der Waals surface area contributed by atoms with Crippen molar-refractivity contribution < 1.29 is 19.4 Å². The van der Waals surface area contributed by atoms with E-state index in [4.69, 9.17) is 9.47 Å². The largest absolute Gasteiger partial charge is 0.489 e. The summed E-state index contributed by atoms with van der Waals surface area (Å²) >= 11 is 0. The normalized spacial score (nSPS) is 15.1. The molecular weight excluding hydrogens is 448 g/mol. The highest BCUT2D eigenvalue weighted by atomic mass is 16.6. The molecule has 184 valence electrons. The maximum Gasteiger partial charge on any atom is 0.410 e. The highest BCUT2D eigenvalue weighted by Crippen LogP contribution is 2.31. The van der Waals surface area contributed by atoms with Crippen LogP contribution >= 0.6 is 0 Å². The van der Waals surface area contributed by atoms with Gasteiger partial charge in [-0.1, -0.05) is 0 Å². The quantitative estimate of drug-likeness (QED) is 0.595. The van der Waals surface area contributed by atoms with E-state index in [9.17, 15) is 15.2 Å². The van der Waals surface area contributed by atoms with Crippen LogP contribution in [0, 0.1) is 11.3 Å². The fraction of sp³-hybridized carbons (Fsp3) is 0.440. The monoisotopic (exact) mass is 478 g/mol. The smallest absolute Gasteiger partial charge is 0.410 e. The minimum absolute atomic E-state index is 0.143. The zero-order valence-electron chi connectivity index (χ0n) is 20.4. The topological polar surface area (TPSA) is 116 Å². The molecule has 4 rings (SSSR count). The summed E-state index contributed by atoms with van der Waals surface area (Å²) in [6, 6.07) is 7.89. The molecule has 1 atom stereocenters. The standard InChI is InChI=1S/C25H30N6O4/c1-17(32)16-34-20-11-21(23-19(12-26)14-28-31(23)15-20)18-5-6-22(27-13-18)29-7-9-30(10-8-29)24(33)35-25(2,3)4/h5-6,11,13-15,17,32H,7-10,16H2,1-4H3/t17-/m0/s1. The number of carbonyl (C=O) groups excluding carboxylic acids is 1. The van der Waals surface area contributed by atoms with Gasteiger partial charge in [0.1, 0.15) is 29.8 Å². The summed E-state index contributed by atoms with van der Waals surface area (Å²) < 4.78 is 12.8. The van der Waals surface area contributed by atoms with Crippen molar-refractivity contribution in [2.24, 2.45) is 0 Å². The molecule has 0 bridgehead atoms. The predicted molar refractivity (Wildman–Crippen MR) is 130 cm³/mol. The molecule has 1 amide bonds. The fourth-order valence-corrected chi connectivity index (χ4v) is 3.87. The number of hydrogen-bond acceptors (Lipinski definition) is 8. The number of nitrogens with zero attached hydrogens (tertiary/aromatic N) is 6. The first kappa shape index (κ1) is 24.3. The van der Waals surface area contributed by atoms with Crippen molar-refractivity contribution in [1.29, 1.82) is 5.26 Å². The maximum absolute atomic E-state index is 12.3. The lowest BCUT2D eigenvalue weighted by molar-refractivity contribution is 0.0240. The number of carbonyl (C=O) groups is 1. The molecular formula is C25H30N6O4. The van der Waals surface area contributed by atoms with E-state index in [1.165, 1.54) is 6.20 Å². The predicted octanol–water partition coefficient (Wildman–Crippen LogP) is 3.08. The summed E-state index contributed by atoms with van der Waals surface area (Å²) in [5.41, 5.74) is 2.17. The van der Waals surface area contributed by atoms with Crippen LogP contribution in [0.15, 0.2) is 36.8 Å². The van der Waals surface area contributed by atoms with Crippen LogP contribution in [0.4, 0.5) is 10.6 Å². The van der Waals surface area contributed by atoms with Crippen LogP contribution in [0.25, 0.3) is 16.6 Å². The van der Waals surface area contributed by atoms with Gasteiger partial charge in [0.05, 0.1) is 29.6 Å². The lowest BCUT2D eigenvalue weighted by atomic mass is 10.1. The van der Waals surface area contributed by atoms with Crippen LogP contribution in [-0.4, -0.2) is 75.2 Å². The van der Waals surface area contributed by atoms with Gasteiger partial charge in [0, 0.05) is 43.5 Å². The molecule has 0 unspecified atom stereocenters. The van der Waals surface area contributed by atoms with E-state index in [1.54, 1.807) is 28.7 Å². The van der Waals surface area contributed by atoms with E-state index in [0.717, 1.165) is 16.9 Å². The van der Waals surface area contributed by atoms with Crippen molar-refractivity contribution in [2.45, 2.75) is 39.4 Å². The average Bonchev–Trinajstić information content (AvgIpc) is 3.24. The number of ether oxygens (including phenoxy) is 2. The van der Waals surface area contributed by atoms with Crippen molar-refractivity contribution in [2.75, 3.05) is 37.7 Å². The molecule has 10 nitrogen and oxygen atoms in total. The molecule has 0 saturated carbocycles. The Morgan fingerprint density at radius 3 is 2.57 bits per heavy atom. The summed E-state index contributed by atoms with van der Waals surface area (Å²) in [5.74, 6) is 1.34. The molecule has 3 aromatic rings. The van der Waals surface area contributed by atoms with Crippen molar-refractivity contribution in [3.63, 3.8) is 0 Å². The first-order valence-electron chi connectivity index (χ1n) is 11.6. The number of anilines is 1. The third-order valence-electron chi connectivity index (χ3n) is 5.51. The van der Waals surface area contributed by atoms with Gasteiger partial charge in [0.15, 0.2) is 0 Å². The number of aliphatic hydroxyl groups is 1.